The minimum atomic E-state index is -1.37. The Morgan fingerprint density at radius 1 is 1.29 bits per heavy atom. The highest BCUT2D eigenvalue weighted by molar-refractivity contribution is 9.10. The van der Waals surface area contributed by atoms with Crippen LogP contribution in [0.25, 0.3) is 0 Å². The fourth-order valence-electron chi connectivity index (χ4n) is 1.89. The number of benzene rings is 2. The summed E-state index contributed by atoms with van der Waals surface area (Å²) >= 11 is 3.21. The second-order valence-corrected chi connectivity index (χ2v) is 6.70. The smallest absolute Gasteiger partial charge is 0.283 e. The number of hydrogen-bond acceptors (Lipinski definition) is 4. The number of hydrogen-bond donors (Lipinski definition) is 1. The van der Waals surface area contributed by atoms with Gasteiger partial charge in [-0.2, -0.15) is 0 Å². The van der Waals surface area contributed by atoms with Crippen molar-refractivity contribution in [1.29, 1.82) is 0 Å². The Bertz CT molecular complexity index is 734. The molecule has 0 saturated carbocycles. The fourth-order valence-corrected chi connectivity index (χ4v) is 3.94. The van der Waals surface area contributed by atoms with Crippen molar-refractivity contribution in [2.45, 2.75) is 17.6 Å². The molecular formula is C14H13BrN2O3S. The molecule has 0 bridgehead atoms. The summed E-state index contributed by atoms with van der Waals surface area (Å²) in [5.41, 5.74) is 7.87. The highest BCUT2D eigenvalue weighted by Gasteiger charge is 2.18. The van der Waals surface area contributed by atoms with Crippen LogP contribution in [0.15, 0.2) is 45.8 Å². The van der Waals surface area contributed by atoms with Crippen molar-refractivity contribution >= 4 is 38.1 Å². The highest BCUT2D eigenvalue weighted by Crippen LogP contribution is 2.31. The molecule has 21 heavy (non-hydrogen) atoms. The third-order valence-electron chi connectivity index (χ3n) is 3.07. The Morgan fingerprint density at radius 2 is 1.95 bits per heavy atom. The summed E-state index contributed by atoms with van der Waals surface area (Å²) in [4.78, 5) is 11.0. The standard InChI is InChI=1S/C14H13BrN2O3S/c1-9-4-2-7-12(14(9)16)21(20)8-10-5-3-6-11(13(10)15)17(18)19/h2-7H,8,16H2,1H3. The van der Waals surface area contributed by atoms with Crippen LogP contribution in [0.4, 0.5) is 11.4 Å². The lowest BCUT2D eigenvalue weighted by Crippen LogP contribution is -2.03. The second kappa shape index (κ2) is 6.36. The molecule has 0 heterocycles. The monoisotopic (exact) mass is 368 g/mol. The molecule has 0 aliphatic heterocycles. The first kappa shape index (κ1) is 15.7. The van der Waals surface area contributed by atoms with Crippen LogP contribution in [0.5, 0.6) is 0 Å². The Hall–Kier alpha value is -1.73. The maximum Gasteiger partial charge on any atom is 0.283 e. The highest BCUT2D eigenvalue weighted by atomic mass is 79.9. The summed E-state index contributed by atoms with van der Waals surface area (Å²) in [5, 5.41) is 10.9. The molecule has 0 saturated heterocycles. The van der Waals surface area contributed by atoms with E-state index in [1.54, 1.807) is 24.3 Å². The fraction of sp³-hybridized carbons (Fsp3) is 0.143. The molecular weight excluding hydrogens is 356 g/mol. The minimum Gasteiger partial charge on any atom is -0.398 e. The van der Waals surface area contributed by atoms with Crippen LogP contribution in [0.2, 0.25) is 0 Å². The Kier molecular flexibility index (Phi) is 4.74. The zero-order chi connectivity index (χ0) is 15.6. The second-order valence-electron chi connectivity index (χ2n) is 4.48. The van der Waals surface area contributed by atoms with Gasteiger partial charge in [0, 0.05) is 6.07 Å². The molecule has 0 aliphatic rings. The first-order valence-electron chi connectivity index (χ1n) is 6.07. The van der Waals surface area contributed by atoms with Gasteiger partial charge in [-0.15, -0.1) is 0 Å². The summed E-state index contributed by atoms with van der Waals surface area (Å²) in [6.45, 7) is 1.85. The molecule has 1 unspecified atom stereocenters. The molecule has 5 nitrogen and oxygen atoms in total. The van der Waals surface area contributed by atoms with Crippen LogP contribution < -0.4 is 5.73 Å². The van der Waals surface area contributed by atoms with Crippen LogP contribution in [0, 0.1) is 17.0 Å². The first-order valence-corrected chi connectivity index (χ1v) is 8.18. The van der Waals surface area contributed by atoms with Crippen LogP contribution in [0.1, 0.15) is 11.1 Å². The Labute approximate surface area is 132 Å². The molecule has 0 aliphatic carbocycles. The van der Waals surface area contributed by atoms with E-state index < -0.39 is 15.7 Å². The average Bonchev–Trinajstić information content (AvgIpc) is 2.43. The normalized spacial score (nSPS) is 12.1. The molecule has 0 radical (unpaired) electrons. The Morgan fingerprint density at radius 3 is 2.62 bits per heavy atom. The summed E-state index contributed by atoms with van der Waals surface area (Å²) in [6.07, 6.45) is 0. The van der Waals surface area contributed by atoms with Gasteiger partial charge in [-0.3, -0.25) is 14.3 Å². The van der Waals surface area contributed by atoms with Crippen molar-refractivity contribution in [1.82, 2.24) is 0 Å². The molecule has 0 aromatic heterocycles. The number of para-hydroxylation sites is 1. The zero-order valence-electron chi connectivity index (χ0n) is 11.2. The SMILES string of the molecule is Cc1cccc(S(=O)Cc2cccc([N+](=O)[O-])c2Br)c1N. The van der Waals surface area contributed by atoms with Crippen molar-refractivity contribution in [3.63, 3.8) is 0 Å². The number of nitrogens with two attached hydrogens (primary N) is 1. The summed E-state index contributed by atoms with van der Waals surface area (Å²) in [6, 6.07) is 10.0. The number of rotatable bonds is 4. The zero-order valence-corrected chi connectivity index (χ0v) is 13.6. The van der Waals surface area contributed by atoms with E-state index in [1.807, 2.05) is 13.0 Å². The molecule has 7 heteroatoms. The van der Waals surface area contributed by atoms with Gasteiger partial charge in [0.2, 0.25) is 0 Å². The van der Waals surface area contributed by atoms with Gasteiger partial charge in [-0.05, 0) is 40.0 Å². The van der Waals surface area contributed by atoms with Gasteiger partial charge in [0.1, 0.15) is 0 Å². The number of nitro groups is 1. The van der Waals surface area contributed by atoms with Gasteiger partial charge in [-0.1, -0.05) is 24.3 Å². The van der Waals surface area contributed by atoms with Crippen LogP contribution in [0.3, 0.4) is 0 Å². The maximum atomic E-state index is 12.5. The van der Waals surface area contributed by atoms with Crippen molar-refractivity contribution in [2.75, 3.05) is 5.73 Å². The number of nitro benzene ring substituents is 1. The van der Waals surface area contributed by atoms with Crippen molar-refractivity contribution < 1.29 is 9.13 Å². The molecule has 0 spiro atoms. The van der Waals surface area contributed by atoms with E-state index in [0.29, 0.717) is 20.6 Å². The van der Waals surface area contributed by atoms with Crippen LogP contribution in [-0.2, 0) is 16.6 Å². The van der Waals surface area contributed by atoms with Gasteiger partial charge < -0.3 is 5.73 Å². The van der Waals surface area contributed by atoms with Crippen molar-refractivity contribution in [3.05, 3.63) is 62.1 Å². The Balaban J connectivity index is 2.34. The van der Waals surface area contributed by atoms with E-state index in [0.717, 1.165) is 5.56 Å². The van der Waals surface area contributed by atoms with E-state index >= 15 is 0 Å². The third kappa shape index (κ3) is 3.30. The molecule has 0 amide bonds. The molecule has 110 valence electrons. The van der Waals surface area contributed by atoms with Crippen LogP contribution in [-0.4, -0.2) is 9.13 Å². The number of anilines is 1. The molecule has 0 fully saturated rings. The third-order valence-corrected chi connectivity index (χ3v) is 5.41. The first-order chi connectivity index (χ1) is 9.91. The minimum absolute atomic E-state index is 0.0401. The summed E-state index contributed by atoms with van der Waals surface area (Å²) in [7, 11) is -1.37. The van der Waals surface area contributed by atoms with E-state index in [1.165, 1.54) is 6.07 Å². The maximum absolute atomic E-state index is 12.5. The number of nitrogens with zero attached hydrogens (tertiary/aromatic N) is 1. The summed E-state index contributed by atoms with van der Waals surface area (Å²) < 4.78 is 12.8. The van der Waals surface area contributed by atoms with Gasteiger partial charge in [0.25, 0.3) is 5.69 Å². The lowest BCUT2D eigenvalue weighted by Gasteiger charge is -2.09. The molecule has 2 aromatic rings. The lowest BCUT2D eigenvalue weighted by atomic mass is 10.2. The molecule has 1 atom stereocenters. The van der Waals surface area contributed by atoms with Gasteiger partial charge in [0.05, 0.1) is 36.5 Å². The summed E-state index contributed by atoms with van der Waals surface area (Å²) in [5.74, 6) is 0.163. The van der Waals surface area contributed by atoms with E-state index in [-0.39, 0.29) is 11.4 Å². The van der Waals surface area contributed by atoms with Gasteiger partial charge >= 0.3 is 0 Å². The van der Waals surface area contributed by atoms with Crippen molar-refractivity contribution in [3.8, 4) is 0 Å². The largest absolute Gasteiger partial charge is 0.398 e. The number of halogens is 1. The molecule has 2 rings (SSSR count). The molecule has 2 N–H and O–H groups in total. The quantitative estimate of drug-likeness (QED) is 0.507. The van der Waals surface area contributed by atoms with E-state index in [9.17, 15) is 14.3 Å². The molecule has 2 aromatic carbocycles. The average molecular weight is 369 g/mol. The predicted octanol–water partition coefficient (Wildman–Crippen LogP) is 3.56. The van der Waals surface area contributed by atoms with Crippen LogP contribution >= 0.6 is 15.9 Å². The van der Waals surface area contributed by atoms with E-state index in [4.69, 9.17) is 5.73 Å². The topological polar surface area (TPSA) is 86.2 Å². The van der Waals surface area contributed by atoms with Gasteiger partial charge in [0.15, 0.2) is 0 Å². The van der Waals surface area contributed by atoms with E-state index in [2.05, 4.69) is 15.9 Å². The predicted molar refractivity (Wildman–Crippen MR) is 86.5 cm³/mol. The van der Waals surface area contributed by atoms with Gasteiger partial charge in [-0.25, -0.2) is 0 Å². The number of nitrogen functional groups attached to an aromatic ring is 1. The lowest BCUT2D eigenvalue weighted by molar-refractivity contribution is -0.385. The van der Waals surface area contributed by atoms with Crippen molar-refractivity contribution in [2.24, 2.45) is 0 Å². The number of aryl methyl sites for hydroxylation is 1.